The predicted octanol–water partition coefficient (Wildman–Crippen LogP) is 0.586. The van der Waals surface area contributed by atoms with E-state index in [0.717, 1.165) is 30.9 Å². The van der Waals surface area contributed by atoms with Gasteiger partial charge in [-0.1, -0.05) is 0 Å². The van der Waals surface area contributed by atoms with E-state index < -0.39 is 6.04 Å². The van der Waals surface area contributed by atoms with Crippen molar-refractivity contribution >= 4 is 0 Å². The fraction of sp³-hybridized carbons (Fsp3) is 0.692. The summed E-state index contributed by atoms with van der Waals surface area (Å²) in [6.45, 7) is 4.02. The van der Waals surface area contributed by atoms with E-state index in [1.165, 1.54) is 6.42 Å². The third kappa shape index (κ3) is 3.04. The molecule has 0 aliphatic carbocycles. The van der Waals surface area contributed by atoms with Crippen LogP contribution in [0, 0.1) is 6.92 Å². The molecule has 1 aliphatic heterocycles. The third-order valence-electron chi connectivity index (χ3n) is 3.46. The summed E-state index contributed by atoms with van der Waals surface area (Å²) in [5.41, 5.74) is 7.79. The van der Waals surface area contributed by atoms with Crippen molar-refractivity contribution in [2.24, 2.45) is 5.73 Å². The Morgan fingerprint density at radius 2 is 2.33 bits per heavy atom. The molecule has 0 bridgehead atoms. The van der Waals surface area contributed by atoms with E-state index in [1.807, 2.05) is 13.0 Å². The van der Waals surface area contributed by atoms with Crippen molar-refractivity contribution in [3.8, 4) is 0 Å². The van der Waals surface area contributed by atoms with E-state index >= 15 is 0 Å². The lowest BCUT2D eigenvalue weighted by atomic mass is 9.94. The number of aliphatic hydroxyl groups excluding tert-OH is 1. The van der Waals surface area contributed by atoms with E-state index in [-0.39, 0.29) is 6.61 Å². The minimum atomic E-state index is -0.482. The summed E-state index contributed by atoms with van der Waals surface area (Å²) in [6.07, 6.45) is 2.36. The molecular formula is C13H22N4O. The number of likely N-dealkylation sites (tertiary alicyclic amines) is 1. The van der Waals surface area contributed by atoms with Crippen LogP contribution in [-0.4, -0.2) is 46.7 Å². The monoisotopic (exact) mass is 250 g/mol. The molecule has 0 radical (unpaired) electrons. The number of rotatable bonds is 3. The molecule has 2 unspecified atom stereocenters. The number of hydrogen-bond donors (Lipinski definition) is 2. The Morgan fingerprint density at radius 1 is 1.56 bits per heavy atom. The highest BCUT2D eigenvalue weighted by Crippen LogP contribution is 2.25. The zero-order valence-electron chi connectivity index (χ0n) is 11.1. The highest BCUT2D eigenvalue weighted by molar-refractivity contribution is 5.16. The van der Waals surface area contributed by atoms with Crippen LogP contribution in [0.2, 0.25) is 0 Å². The molecule has 1 aromatic rings. The second-order valence-electron chi connectivity index (χ2n) is 5.18. The Labute approximate surface area is 108 Å². The van der Waals surface area contributed by atoms with Crippen molar-refractivity contribution < 1.29 is 5.11 Å². The van der Waals surface area contributed by atoms with Crippen LogP contribution >= 0.6 is 0 Å². The number of aromatic nitrogens is 2. The normalized spacial score (nSPS) is 23.0. The quantitative estimate of drug-likeness (QED) is 0.821. The van der Waals surface area contributed by atoms with Crippen LogP contribution in [0.3, 0.4) is 0 Å². The van der Waals surface area contributed by atoms with Crippen molar-refractivity contribution in [2.45, 2.75) is 31.7 Å². The lowest BCUT2D eigenvalue weighted by Crippen LogP contribution is -2.31. The Kier molecular flexibility index (Phi) is 4.27. The van der Waals surface area contributed by atoms with Crippen LogP contribution in [-0.2, 0) is 0 Å². The molecule has 3 N–H and O–H groups in total. The van der Waals surface area contributed by atoms with Gasteiger partial charge in [-0.15, -0.1) is 0 Å². The highest BCUT2D eigenvalue weighted by atomic mass is 16.3. The van der Waals surface area contributed by atoms with E-state index in [0.29, 0.717) is 11.7 Å². The summed E-state index contributed by atoms with van der Waals surface area (Å²) >= 11 is 0. The lowest BCUT2D eigenvalue weighted by molar-refractivity contribution is 0.246. The first-order valence-electron chi connectivity index (χ1n) is 6.50. The van der Waals surface area contributed by atoms with Crippen molar-refractivity contribution in [1.82, 2.24) is 14.9 Å². The standard InChI is InChI=1S/C13H22N4O/c1-9-6-12(10-4-3-5-17(2)7-10)16-13(15-9)11(14)8-18/h6,10-11,18H,3-5,7-8,14H2,1-2H3. The maximum absolute atomic E-state index is 9.11. The topological polar surface area (TPSA) is 75.3 Å². The number of nitrogens with two attached hydrogens (primary N) is 1. The molecule has 0 aromatic carbocycles. The summed E-state index contributed by atoms with van der Waals surface area (Å²) in [7, 11) is 2.14. The number of aliphatic hydroxyl groups is 1. The number of piperidine rings is 1. The second-order valence-corrected chi connectivity index (χ2v) is 5.18. The summed E-state index contributed by atoms with van der Waals surface area (Å²) < 4.78 is 0. The largest absolute Gasteiger partial charge is 0.394 e. The Morgan fingerprint density at radius 3 is 3.00 bits per heavy atom. The molecule has 0 amide bonds. The van der Waals surface area contributed by atoms with Gasteiger partial charge in [-0.05, 0) is 39.4 Å². The van der Waals surface area contributed by atoms with Crippen LogP contribution in [0.25, 0.3) is 0 Å². The van der Waals surface area contributed by atoms with Crippen LogP contribution in [0.5, 0.6) is 0 Å². The third-order valence-corrected chi connectivity index (χ3v) is 3.46. The Balaban J connectivity index is 2.24. The lowest BCUT2D eigenvalue weighted by Gasteiger charge is -2.29. The molecule has 2 atom stereocenters. The van der Waals surface area contributed by atoms with Crippen LogP contribution in [0.4, 0.5) is 0 Å². The molecular weight excluding hydrogens is 228 g/mol. The molecule has 5 nitrogen and oxygen atoms in total. The molecule has 1 aromatic heterocycles. The highest BCUT2D eigenvalue weighted by Gasteiger charge is 2.21. The number of likely N-dealkylation sites (N-methyl/N-ethyl adjacent to an activating group) is 1. The molecule has 1 fully saturated rings. The maximum atomic E-state index is 9.11. The van der Waals surface area contributed by atoms with Crippen LogP contribution in [0.15, 0.2) is 6.07 Å². The van der Waals surface area contributed by atoms with Crippen LogP contribution in [0.1, 0.15) is 42.0 Å². The molecule has 100 valence electrons. The average molecular weight is 250 g/mol. The maximum Gasteiger partial charge on any atom is 0.147 e. The van der Waals surface area contributed by atoms with Crippen molar-refractivity contribution in [3.05, 3.63) is 23.3 Å². The number of hydrogen-bond acceptors (Lipinski definition) is 5. The minimum Gasteiger partial charge on any atom is -0.394 e. The van der Waals surface area contributed by atoms with Crippen molar-refractivity contribution in [2.75, 3.05) is 26.7 Å². The van der Waals surface area contributed by atoms with E-state index in [4.69, 9.17) is 10.8 Å². The first-order valence-corrected chi connectivity index (χ1v) is 6.50. The molecule has 0 spiro atoms. The Hall–Kier alpha value is -1.04. The minimum absolute atomic E-state index is 0.118. The smallest absolute Gasteiger partial charge is 0.147 e. The van der Waals surface area contributed by atoms with Gasteiger partial charge in [-0.2, -0.15) is 0 Å². The molecule has 2 heterocycles. The van der Waals surface area contributed by atoms with Gasteiger partial charge in [0.1, 0.15) is 5.82 Å². The van der Waals surface area contributed by atoms with Gasteiger partial charge in [0.2, 0.25) is 0 Å². The number of nitrogens with zero attached hydrogens (tertiary/aromatic N) is 3. The number of aryl methyl sites for hydroxylation is 1. The average Bonchev–Trinajstić information content (AvgIpc) is 2.37. The van der Waals surface area contributed by atoms with Crippen LogP contribution < -0.4 is 5.73 Å². The van der Waals surface area contributed by atoms with E-state index in [9.17, 15) is 0 Å². The molecule has 0 saturated carbocycles. The first kappa shape index (κ1) is 13.4. The zero-order valence-corrected chi connectivity index (χ0v) is 11.1. The van der Waals surface area contributed by atoms with Gasteiger partial charge in [0.05, 0.1) is 12.6 Å². The molecule has 18 heavy (non-hydrogen) atoms. The second kappa shape index (κ2) is 5.73. The molecule has 5 heteroatoms. The summed E-state index contributed by atoms with van der Waals surface area (Å²) in [4.78, 5) is 11.2. The summed E-state index contributed by atoms with van der Waals surface area (Å²) in [5.74, 6) is 1.01. The van der Waals surface area contributed by atoms with Gasteiger partial charge in [-0.25, -0.2) is 9.97 Å². The summed E-state index contributed by atoms with van der Waals surface area (Å²) in [6, 6.07) is 1.56. The fourth-order valence-electron chi connectivity index (χ4n) is 2.48. The van der Waals surface area contributed by atoms with E-state index in [1.54, 1.807) is 0 Å². The Bertz CT molecular complexity index is 410. The summed E-state index contributed by atoms with van der Waals surface area (Å²) in [5, 5.41) is 9.11. The van der Waals surface area contributed by atoms with Gasteiger partial charge < -0.3 is 15.7 Å². The van der Waals surface area contributed by atoms with Gasteiger partial charge in [-0.3, -0.25) is 0 Å². The predicted molar refractivity (Wildman–Crippen MR) is 70.3 cm³/mol. The van der Waals surface area contributed by atoms with Crippen molar-refractivity contribution in [3.63, 3.8) is 0 Å². The van der Waals surface area contributed by atoms with Crippen molar-refractivity contribution in [1.29, 1.82) is 0 Å². The molecule has 1 aliphatic rings. The molecule has 2 rings (SSSR count). The van der Waals surface area contributed by atoms with Gasteiger partial charge in [0.25, 0.3) is 0 Å². The molecule has 1 saturated heterocycles. The first-order chi connectivity index (χ1) is 8.60. The zero-order chi connectivity index (χ0) is 13.1. The SMILES string of the molecule is Cc1cc(C2CCCN(C)C2)nc(C(N)CO)n1. The van der Waals surface area contributed by atoms with E-state index in [2.05, 4.69) is 21.9 Å². The van der Waals surface area contributed by atoms with Gasteiger partial charge in [0.15, 0.2) is 0 Å². The van der Waals surface area contributed by atoms with Gasteiger partial charge in [0, 0.05) is 23.9 Å². The fourth-order valence-corrected chi connectivity index (χ4v) is 2.48. The van der Waals surface area contributed by atoms with Gasteiger partial charge >= 0.3 is 0 Å².